The van der Waals surface area contributed by atoms with Crippen molar-refractivity contribution in [1.29, 1.82) is 0 Å². The van der Waals surface area contributed by atoms with Crippen molar-refractivity contribution < 1.29 is 8.42 Å². The minimum absolute atomic E-state index is 0.110. The summed E-state index contributed by atoms with van der Waals surface area (Å²) < 4.78 is 28.6. The van der Waals surface area contributed by atoms with Gasteiger partial charge in [-0.05, 0) is 0 Å². The van der Waals surface area contributed by atoms with Gasteiger partial charge < -0.3 is 0 Å². The molecule has 3 atom stereocenters. The molecule has 2 aromatic rings. The molecule has 2 fully saturated rings. The molecule has 0 aromatic heterocycles. The van der Waals surface area contributed by atoms with Gasteiger partial charge in [0.15, 0.2) is 0 Å². The Bertz CT molecular complexity index is 852. The summed E-state index contributed by atoms with van der Waals surface area (Å²) in [6, 6.07) is 17.9. The molecule has 0 amide bonds. The Balaban J connectivity index is 1.65. The molecule has 5 rings (SSSR count). The van der Waals surface area contributed by atoms with Crippen LogP contribution in [-0.4, -0.2) is 38.7 Å². The van der Waals surface area contributed by atoms with Gasteiger partial charge in [-0.2, -0.15) is 0 Å². The molecule has 0 bridgehead atoms. The van der Waals surface area contributed by atoms with Gasteiger partial charge in [0.2, 0.25) is 0 Å². The van der Waals surface area contributed by atoms with E-state index >= 15 is 0 Å². The first-order valence-electron chi connectivity index (χ1n) is 7.01. The van der Waals surface area contributed by atoms with Crippen LogP contribution in [0.5, 0.6) is 0 Å². The monoisotopic (exact) mass is 363 g/mol. The number of rotatable bonds is 2. The number of hydrogen-bond donors (Lipinski definition) is 0. The molecule has 106 valence electrons. The Hall–Kier alpha value is -1.13. The molecule has 2 aromatic carbocycles. The van der Waals surface area contributed by atoms with E-state index in [4.69, 9.17) is 0 Å². The second kappa shape index (κ2) is 3.79. The molecule has 2 aliphatic heterocycles. The Morgan fingerprint density at radius 2 is 1.76 bits per heavy atom. The average molecular weight is 362 g/mol. The van der Waals surface area contributed by atoms with Gasteiger partial charge in [-0.3, -0.25) is 0 Å². The van der Waals surface area contributed by atoms with Crippen LogP contribution in [0.1, 0.15) is 11.5 Å². The fourth-order valence-corrected chi connectivity index (χ4v) is 9.93. The van der Waals surface area contributed by atoms with Crippen molar-refractivity contribution in [3.63, 3.8) is 0 Å². The topological polar surface area (TPSA) is 37.4 Å². The van der Waals surface area contributed by atoms with Crippen molar-refractivity contribution in [2.45, 2.75) is 15.3 Å². The maximum absolute atomic E-state index is 12.8. The standard InChI is InChI=1S/C16H13NO2SSe/c18-20(19)14-9-5-4-8-12(14)15-13-10-17(20)16(13,15)21-11-6-2-1-3-7-11/h1-9,13,15H,10H2/t13-,15+,16-/m0/s1. The van der Waals surface area contributed by atoms with Gasteiger partial charge in [0.1, 0.15) is 0 Å². The van der Waals surface area contributed by atoms with Crippen LogP contribution in [0.4, 0.5) is 0 Å². The summed E-state index contributed by atoms with van der Waals surface area (Å²) >= 11 is 0.169. The van der Waals surface area contributed by atoms with Gasteiger partial charge in [0, 0.05) is 0 Å². The number of fused-ring (bicyclic) bond motifs is 3. The van der Waals surface area contributed by atoms with Gasteiger partial charge in [-0.1, -0.05) is 0 Å². The van der Waals surface area contributed by atoms with E-state index in [1.54, 1.807) is 10.4 Å². The van der Waals surface area contributed by atoms with Crippen molar-refractivity contribution in [2.75, 3.05) is 6.54 Å². The fourth-order valence-electron chi connectivity index (χ4n) is 3.89. The van der Waals surface area contributed by atoms with E-state index in [-0.39, 0.29) is 19.4 Å². The Morgan fingerprint density at radius 3 is 2.57 bits per heavy atom. The van der Waals surface area contributed by atoms with Crippen LogP contribution >= 0.6 is 0 Å². The molecular weight excluding hydrogens is 349 g/mol. The summed E-state index contributed by atoms with van der Waals surface area (Å²) in [4.78, 5) is 0.537. The van der Waals surface area contributed by atoms with Gasteiger partial charge >= 0.3 is 130 Å². The first kappa shape index (κ1) is 12.4. The third-order valence-corrected chi connectivity index (χ3v) is 10.5. The molecule has 5 heteroatoms. The summed E-state index contributed by atoms with van der Waals surface area (Å²) in [6.45, 7) is 0.705. The van der Waals surface area contributed by atoms with Crippen LogP contribution in [0.3, 0.4) is 0 Å². The second-order valence-corrected chi connectivity index (χ2v) is 10.4. The van der Waals surface area contributed by atoms with Crippen molar-refractivity contribution in [3.8, 4) is 0 Å². The quantitative estimate of drug-likeness (QED) is 0.752. The Morgan fingerprint density at radius 1 is 1.05 bits per heavy atom. The molecule has 3 aliphatic rings. The van der Waals surface area contributed by atoms with E-state index < -0.39 is 10.0 Å². The van der Waals surface area contributed by atoms with E-state index in [9.17, 15) is 8.42 Å². The van der Waals surface area contributed by atoms with Gasteiger partial charge in [-0.15, -0.1) is 0 Å². The van der Waals surface area contributed by atoms with Crippen LogP contribution in [-0.2, 0) is 10.0 Å². The summed E-state index contributed by atoms with van der Waals surface area (Å²) in [6.07, 6.45) is 0. The first-order valence-corrected chi connectivity index (χ1v) is 10.2. The zero-order valence-corrected chi connectivity index (χ0v) is 13.7. The Labute approximate surface area is 130 Å². The molecule has 3 nitrogen and oxygen atoms in total. The van der Waals surface area contributed by atoms with Crippen LogP contribution < -0.4 is 4.46 Å². The molecule has 0 N–H and O–H groups in total. The summed E-state index contributed by atoms with van der Waals surface area (Å²) in [7, 11) is -3.29. The average Bonchev–Trinajstić information content (AvgIpc) is 3.02. The molecule has 1 saturated carbocycles. The van der Waals surface area contributed by atoms with Crippen molar-refractivity contribution in [2.24, 2.45) is 5.92 Å². The summed E-state index contributed by atoms with van der Waals surface area (Å²) in [5.41, 5.74) is 1.05. The first-order chi connectivity index (χ1) is 10.2. The van der Waals surface area contributed by atoms with Crippen LogP contribution in [0.25, 0.3) is 0 Å². The van der Waals surface area contributed by atoms with Gasteiger partial charge in [0.05, 0.1) is 0 Å². The van der Waals surface area contributed by atoms with E-state index in [2.05, 4.69) is 12.1 Å². The van der Waals surface area contributed by atoms with E-state index in [1.807, 2.05) is 36.4 Å². The SMILES string of the molecule is O=S1(=O)c2ccccc2[C@@H]2[C@@H]3CN1[C@@]23[Se]c1ccccc1. The normalized spacial score (nSPS) is 34.5. The molecule has 2 heterocycles. The van der Waals surface area contributed by atoms with Gasteiger partial charge in [0.25, 0.3) is 0 Å². The summed E-state index contributed by atoms with van der Waals surface area (Å²) in [5, 5.41) is 0. The molecule has 1 aliphatic carbocycles. The molecule has 0 radical (unpaired) electrons. The van der Waals surface area contributed by atoms with Crippen LogP contribution in [0.15, 0.2) is 59.5 Å². The second-order valence-electron chi connectivity index (χ2n) is 5.83. The fraction of sp³-hybridized carbons (Fsp3) is 0.250. The third kappa shape index (κ3) is 1.36. The van der Waals surface area contributed by atoms with E-state index in [0.717, 1.165) is 5.56 Å². The molecule has 1 saturated heterocycles. The predicted molar refractivity (Wildman–Crippen MR) is 81.1 cm³/mol. The molecular formula is C16H13NO2SSe. The minimum atomic E-state index is -3.29. The van der Waals surface area contributed by atoms with Crippen LogP contribution in [0.2, 0.25) is 0 Å². The van der Waals surface area contributed by atoms with Gasteiger partial charge in [-0.25, -0.2) is 0 Å². The van der Waals surface area contributed by atoms with Crippen molar-refractivity contribution in [3.05, 3.63) is 60.2 Å². The molecule has 0 unspecified atom stereocenters. The van der Waals surface area contributed by atoms with Crippen LogP contribution in [0, 0.1) is 5.92 Å². The van der Waals surface area contributed by atoms with Crippen molar-refractivity contribution in [1.82, 2.24) is 4.31 Å². The van der Waals surface area contributed by atoms with Crippen molar-refractivity contribution >= 4 is 29.4 Å². The van der Waals surface area contributed by atoms with E-state index in [0.29, 0.717) is 23.3 Å². The Kier molecular flexibility index (Phi) is 2.24. The zero-order valence-electron chi connectivity index (χ0n) is 11.1. The number of hydrogen-bond acceptors (Lipinski definition) is 2. The summed E-state index contributed by atoms with van der Waals surface area (Å²) in [5.74, 6) is 0.938. The number of nitrogens with zero attached hydrogens (tertiary/aromatic N) is 1. The zero-order chi connectivity index (χ0) is 14.2. The van der Waals surface area contributed by atoms with E-state index in [1.165, 1.54) is 4.46 Å². The maximum atomic E-state index is 12.8. The molecule has 21 heavy (non-hydrogen) atoms. The number of benzene rings is 2. The predicted octanol–water partition coefficient (Wildman–Crippen LogP) is 1.14. The molecule has 0 spiro atoms. The third-order valence-electron chi connectivity index (χ3n) is 4.87. The number of sulfonamides is 1.